The van der Waals surface area contributed by atoms with E-state index in [2.05, 4.69) is 9.97 Å². The molecule has 4 heteroatoms. The molecule has 0 fully saturated rings. The van der Waals surface area contributed by atoms with E-state index in [9.17, 15) is 9.59 Å². The van der Waals surface area contributed by atoms with Crippen LogP contribution < -0.4 is 10.9 Å². The lowest BCUT2D eigenvalue weighted by atomic mass is 9.88. The maximum atomic E-state index is 12.5. The first kappa shape index (κ1) is 14.0. The molecule has 120 valence electrons. The number of hydrogen-bond donors (Lipinski definition) is 2. The highest BCUT2D eigenvalue weighted by molar-refractivity contribution is 6.06. The van der Waals surface area contributed by atoms with Gasteiger partial charge in [0.05, 0.1) is 0 Å². The molecular formula is C21H14N2O2. The van der Waals surface area contributed by atoms with Crippen molar-refractivity contribution in [2.75, 3.05) is 0 Å². The molecule has 0 saturated heterocycles. The fourth-order valence-corrected chi connectivity index (χ4v) is 3.76. The van der Waals surface area contributed by atoms with Crippen molar-refractivity contribution in [1.82, 2.24) is 9.97 Å². The summed E-state index contributed by atoms with van der Waals surface area (Å²) >= 11 is 0. The number of aromatic amines is 2. The van der Waals surface area contributed by atoms with Gasteiger partial charge in [-0.2, -0.15) is 0 Å². The Bertz CT molecular complexity index is 1340. The van der Waals surface area contributed by atoms with Crippen LogP contribution in [-0.2, 0) is 0 Å². The molecule has 0 unspecified atom stereocenters. The normalized spacial score (nSPS) is 11.7. The molecule has 2 aromatic heterocycles. The van der Waals surface area contributed by atoms with Gasteiger partial charge in [-0.25, -0.2) is 0 Å². The molecule has 25 heavy (non-hydrogen) atoms. The molecule has 0 atom stereocenters. The lowest BCUT2D eigenvalue weighted by Gasteiger charge is -2.11. The molecule has 0 aliphatic carbocycles. The summed E-state index contributed by atoms with van der Waals surface area (Å²) in [5.41, 5.74) is 4.65. The van der Waals surface area contributed by atoms with Crippen molar-refractivity contribution in [2.45, 2.75) is 6.92 Å². The van der Waals surface area contributed by atoms with Crippen LogP contribution >= 0.6 is 0 Å². The molecule has 0 radical (unpaired) electrons. The molecule has 0 aliphatic rings. The molecule has 2 heterocycles. The largest absolute Gasteiger partial charge is 0.361 e. The summed E-state index contributed by atoms with van der Waals surface area (Å²) in [6.07, 6.45) is 1.81. The zero-order valence-corrected chi connectivity index (χ0v) is 13.5. The Labute approximate surface area is 142 Å². The minimum atomic E-state index is -0.413. The van der Waals surface area contributed by atoms with Gasteiger partial charge >= 0.3 is 0 Å². The first-order chi connectivity index (χ1) is 12.2. The summed E-state index contributed by atoms with van der Waals surface area (Å²) in [5.74, 6) is 0. The summed E-state index contributed by atoms with van der Waals surface area (Å²) in [6.45, 7) is 1.94. The Morgan fingerprint density at radius 2 is 1.36 bits per heavy atom. The third kappa shape index (κ3) is 1.76. The first-order valence-corrected chi connectivity index (χ1v) is 8.14. The average molecular weight is 326 g/mol. The molecule has 0 spiro atoms. The van der Waals surface area contributed by atoms with Crippen LogP contribution in [0.3, 0.4) is 0 Å². The Hall–Kier alpha value is -3.40. The van der Waals surface area contributed by atoms with E-state index in [-0.39, 0.29) is 0 Å². The highest BCUT2D eigenvalue weighted by Gasteiger charge is 2.28. The number of H-pyrrole nitrogens is 2. The van der Waals surface area contributed by atoms with Crippen molar-refractivity contribution in [1.29, 1.82) is 0 Å². The molecule has 5 rings (SSSR count). The minimum Gasteiger partial charge on any atom is -0.361 e. The third-order valence-electron chi connectivity index (χ3n) is 4.91. The lowest BCUT2D eigenvalue weighted by molar-refractivity contribution is 1.29. The number of aromatic nitrogens is 2. The standard InChI is InChI=1S/C21H14N2O2/c1-11-17(13-7-3-5-9-16(13)23-11)19-18(20(24)21(19)25)14-10-22-15-8-4-2-6-12(14)15/h2-10,22-23H,1H3. The topological polar surface area (TPSA) is 65.7 Å². The second kappa shape index (κ2) is 4.80. The third-order valence-corrected chi connectivity index (χ3v) is 4.91. The highest BCUT2D eigenvalue weighted by atomic mass is 16.2. The molecule has 3 aromatic carbocycles. The first-order valence-electron chi connectivity index (χ1n) is 8.14. The second-order valence-electron chi connectivity index (χ2n) is 6.33. The summed E-state index contributed by atoms with van der Waals surface area (Å²) < 4.78 is 0. The molecule has 0 aliphatic heterocycles. The second-order valence-corrected chi connectivity index (χ2v) is 6.33. The Morgan fingerprint density at radius 1 is 0.720 bits per heavy atom. The number of aryl methyl sites for hydroxylation is 1. The summed E-state index contributed by atoms with van der Waals surface area (Å²) in [5, 5.41) is 1.92. The van der Waals surface area contributed by atoms with Gasteiger partial charge in [-0.05, 0) is 19.1 Å². The van der Waals surface area contributed by atoms with E-state index in [0.29, 0.717) is 11.1 Å². The van der Waals surface area contributed by atoms with E-state index in [0.717, 1.165) is 38.6 Å². The zero-order chi connectivity index (χ0) is 17.1. The van der Waals surface area contributed by atoms with Gasteiger partial charge in [0, 0.05) is 56.0 Å². The van der Waals surface area contributed by atoms with Crippen molar-refractivity contribution in [2.24, 2.45) is 0 Å². The molecule has 0 amide bonds. The number of rotatable bonds is 2. The van der Waals surface area contributed by atoms with E-state index in [4.69, 9.17) is 0 Å². The number of fused-ring (bicyclic) bond motifs is 2. The van der Waals surface area contributed by atoms with E-state index < -0.39 is 10.9 Å². The number of para-hydroxylation sites is 2. The fourth-order valence-electron chi connectivity index (χ4n) is 3.76. The van der Waals surface area contributed by atoms with Gasteiger partial charge in [0.15, 0.2) is 0 Å². The molecule has 0 bridgehead atoms. The maximum Gasteiger partial charge on any atom is 0.235 e. The van der Waals surface area contributed by atoms with E-state index in [1.54, 1.807) is 0 Å². The van der Waals surface area contributed by atoms with Crippen molar-refractivity contribution < 1.29 is 0 Å². The van der Waals surface area contributed by atoms with Gasteiger partial charge in [-0.1, -0.05) is 36.4 Å². The minimum absolute atomic E-state index is 0.409. The smallest absolute Gasteiger partial charge is 0.235 e. The van der Waals surface area contributed by atoms with Crippen LogP contribution in [0.4, 0.5) is 0 Å². The Morgan fingerprint density at radius 3 is 2.16 bits per heavy atom. The van der Waals surface area contributed by atoms with Crippen LogP contribution in [0.5, 0.6) is 0 Å². The lowest BCUT2D eigenvalue weighted by Crippen LogP contribution is -2.35. The monoisotopic (exact) mass is 326 g/mol. The maximum absolute atomic E-state index is 12.5. The summed E-state index contributed by atoms with van der Waals surface area (Å²) in [7, 11) is 0. The van der Waals surface area contributed by atoms with Crippen molar-refractivity contribution in [3.8, 4) is 22.3 Å². The van der Waals surface area contributed by atoms with Crippen LogP contribution in [-0.4, -0.2) is 9.97 Å². The number of hydrogen-bond acceptors (Lipinski definition) is 2. The van der Waals surface area contributed by atoms with Gasteiger partial charge in [-0.3, -0.25) is 9.59 Å². The van der Waals surface area contributed by atoms with Gasteiger partial charge in [0.1, 0.15) is 0 Å². The Balaban J connectivity index is 1.86. The van der Waals surface area contributed by atoms with Gasteiger partial charge in [-0.15, -0.1) is 0 Å². The SMILES string of the molecule is Cc1[nH]c2ccccc2c1-c1c(-c2c[nH]c3ccccc23)c(=O)c1=O. The quantitative estimate of drug-likeness (QED) is 0.483. The van der Waals surface area contributed by atoms with Crippen LogP contribution in [0.1, 0.15) is 5.69 Å². The molecule has 2 N–H and O–H groups in total. The van der Waals surface area contributed by atoms with Gasteiger partial charge in [0.25, 0.3) is 0 Å². The predicted molar refractivity (Wildman–Crippen MR) is 101 cm³/mol. The predicted octanol–water partition coefficient (Wildman–Crippen LogP) is 3.89. The Kier molecular flexibility index (Phi) is 2.69. The molecule has 4 nitrogen and oxygen atoms in total. The molecular weight excluding hydrogens is 312 g/mol. The van der Waals surface area contributed by atoms with Crippen molar-refractivity contribution >= 4 is 21.8 Å². The van der Waals surface area contributed by atoms with Crippen LogP contribution in [0.15, 0.2) is 64.3 Å². The van der Waals surface area contributed by atoms with Crippen LogP contribution in [0, 0.1) is 6.92 Å². The van der Waals surface area contributed by atoms with E-state index >= 15 is 0 Å². The molecule has 5 aromatic rings. The van der Waals surface area contributed by atoms with E-state index in [1.807, 2.05) is 61.7 Å². The number of nitrogens with one attached hydrogen (secondary N) is 2. The van der Waals surface area contributed by atoms with Crippen LogP contribution in [0.25, 0.3) is 44.1 Å². The van der Waals surface area contributed by atoms with Crippen LogP contribution in [0.2, 0.25) is 0 Å². The van der Waals surface area contributed by atoms with Crippen molar-refractivity contribution in [3.05, 3.63) is 80.9 Å². The van der Waals surface area contributed by atoms with Crippen molar-refractivity contribution in [3.63, 3.8) is 0 Å². The van der Waals surface area contributed by atoms with Gasteiger partial charge in [0.2, 0.25) is 10.9 Å². The van der Waals surface area contributed by atoms with Gasteiger partial charge < -0.3 is 9.97 Å². The average Bonchev–Trinajstić information content (AvgIpc) is 3.19. The summed E-state index contributed by atoms with van der Waals surface area (Å²) in [4.78, 5) is 31.4. The number of benzene rings is 2. The zero-order valence-electron chi connectivity index (χ0n) is 13.5. The van der Waals surface area contributed by atoms with E-state index in [1.165, 1.54) is 0 Å². The fraction of sp³-hybridized carbons (Fsp3) is 0.0476. The summed E-state index contributed by atoms with van der Waals surface area (Å²) in [6, 6.07) is 15.6. The molecule has 0 saturated carbocycles. The highest BCUT2D eigenvalue weighted by Crippen LogP contribution is 2.38.